The molecule has 0 aliphatic heterocycles. The minimum atomic E-state index is -0.474. The van der Waals surface area contributed by atoms with E-state index in [1.807, 2.05) is 24.3 Å². The molecule has 0 saturated carbocycles. The van der Waals surface area contributed by atoms with Crippen molar-refractivity contribution in [2.75, 3.05) is 13.2 Å². The normalized spacial score (nSPS) is 9.71. The molecule has 8 nitrogen and oxygen atoms in total. The minimum absolute atomic E-state index is 0.0475. The lowest BCUT2D eigenvalue weighted by Gasteiger charge is -2.09. The molecule has 1 aromatic carbocycles. The number of aliphatic imine (C=N–C) groups is 1. The van der Waals surface area contributed by atoms with Crippen LogP contribution in [-0.2, 0) is 22.6 Å². The van der Waals surface area contributed by atoms with Gasteiger partial charge in [-0.15, -0.1) is 0 Å². The molecular weight excluding hydrogens is 310 g/mol. The maximum atomic E-state index is 11.6. The second-order valence-corrected chi connectivity index (χ2v) is 5.08. The zero-order chi connectivity index (χ0) is 17.9. The number of nitrogens with zero attached hydrogens (tertiary/aromatic N) is 1. The van der Waals surface area contributed by atoms with Crippen LogP contribution in [0.15, 0.2) is 41.4 Å². The number of esters is 1. The van der Waals surface area contributed by atoms with E-state index < -0.39 is 5.97 Å². The first-order valence-electron chi connectivity index (χ1n) is 7.36. The summed E-state index contributed by atoms with van der Waals surface area (Å²) in [7, 11) is 0. The Morgan fingerprint density at radius 2 is 1.79 bits per heavy atom. The van der Waals surface area contributed by atoms with Gasteiger partial charge in [0.05, 0.1) is 13.1 Å². The van der Waals surface area contributed by atoms with E-state index >= 15 is 0 Å². The first-order valence-corrected chi connectivity index (χ1v) is 7.36. The topological polar surface area (TPSA) is 132 Å². The van der Waals surface area contributed by atoms with Gasteiger partial charge in [-0.25, -0.2) is 14.6 Å². The molecule has 1 rings (SSSR count). The van der Waals surface area contributed by atoms with E-state index in [-0.39, 0.29) is 25.1 Å². The Kier molecular flexibility index (Phi) is 7.83. The van der Waals surface area contributed by atoms with Crippen LogP contribution in [0, 0.1) is 0 Å². The van der Waals surface area contributed by atoms with E-state index in [4.69, 9.17) is 16.2 Å². The minimum Gasteiger partial charge on any atom is -0.460 e. The first kappa shape index (κ1) is 19.0. The van der Waals surface area contributed by atoms with Crippen LogP contribution in [0.25, 0.3) is 0 Å². The molecule has 6 N–H and O–H groups in total. The summed E-state index contributed by atoms with van der Waals surface area (Å²) in [6, 6.07) is 7.20. The number of hydrogen-bond donors (Lipinski definition) is 4. The molecule has 0 unspecified atom stereocenters. The molecule has 0 heterocycles. The smallest absolute Gasteiger partial charge is 0.333 e. The predicted molar refractivity (Wildman–Crippen MR) is 92.0 cm³/mol. The molecule has 0 bridgehead atoms. The molecule has 130 valence electrons. The van der Waals surface area contributed by atoms with Gasteiger partial charge in [0.15, 0.2) is 5.96 Å². The summed E-state index contributed by atoms with van der Waals surface area (Å²) in [6.45, 7) is 6.14. The summed E-state index contributed by atoms with van der Waals surface area (Å²) in [4.78, 5) is 26.7. The molecule has 0 aliphatic rings. The number of amides is 2. The zero-order valence-corrected chi connectivity index (χ0v) is 13.7. The van der Waals surface area contributed by atoms with Crippen molar-refractivity contribution in [2.24, 2.45) is 16.5 Å². The number of nitrogens with one attached hydrogen (secondary N) is 2. The number of nitrogens with two attached hydrogens (primary N) is 2. The van der Waals surface area contributed by atoms with Gasteiger partial charge in [-0.3, -0.25) is 0 Å². The standard InChI is InChI=1S/C16H23N5O3/c1-11(2)14(22)24-8-7-19-16(23)21-10-13-5-3-12(4-6-13)9-20-15(17)18/h3-6H,1,7-10H2,2H3,(H4,17,18,20)(H2,19,21,23). The summed E-state index contributed by atoms with van der Waals surface area (Å²) in [5, 5.41) is 5.29. The number of ether oxygens (including phenoxy) is 1. The Morgan fingerprint density at radius 1 is 1.17 bits per heavy atom. The average Bonchev–Trinajstić information content (AvgIpc) is 2.55. The molecule has 8 heteroatoms. The van der Waals surface area contributed by atoms with Crippen molar-refractivity contribution in [3.63, 3.8) is 0 Å². The summed E-state index contributed by atoms with van der Waals surface area (Å²) in [6.07, 6.45) is 0. The molecule has 0 fully saturated rings. The fraction of sp³-hybridized carbons (Fsp3) is 0.312. The highest BCUT2D eigenvalue weighted by molar-refractivity contribution is 5.86. The van der Waals surface area contributed by atoms with Gasteiger partial charge in [-0.1, -0.05) is 30.8 Å². The van der Waals surface area contributed by atoms with E-state index in [1.165, 1.54) is 0 Å². The number of guanidine groups is 1. The maximum absolute atomic E-state index is 11.6. The molecule has 0 spiro atoms. The molecule has 2 amide bonds. The van der Waals surface area contributed by atoms with Crippen molar-refractivity contribution in [3.8, 4) is 0 Å². The van der Waals surface area contributed by atoms with Gasteiger partial charge in [0.25, 0.3) is 0 Å². The van der Waals surface area contributed by atoms with Crippen LogP contribution < -0.4 is 22.1 Å². The monoisotopic (exact) mass is 333 g/mol. The number of carbonyl (C=O) groups excluding carboxylic acids is 2. The van der Waals surface area contributed by atoms with Crippen molar-refractivity contribution < 1.29 is 14.3 Å². The summed E-state index contributed by atoms with van der Waals surface area (Å²) in [5.74, 6) is -0.427. The fourth-order valence-corrected chi connectivity index (χ4v) is 1.62. The second-order valence-electron chi connectivity index (χ2n) is 5.08. The lowest BCUT2D eigenvalue weighted by molar-refractivity contribution is -0.138. The van der Waals surface area contributed by atoms with Crippen LogP contribution >= 0.6 is 0 Å². The number of urea groups is 1. The average molecular weight is 333 g/mol. The molecular formula is C16H23N5O3. The maximum Gasteiger partial charge on any atom is 0.333 e. The zero-order valence-electron chi connectivity index (χ0n) is 13.7. The van der Waals surface area contributed by atoms with Crippen LogP contribution in [0.1, 0.15) is 18.1 Å². The van der Waals surface area contributed by atoms with Gasteiger partial charge >= 0.3 is 12.0 Å². The number of benzene rings is 1. The van der Waals surface area contributed by atoms with E-state index in [1.54, 1.807) is 6.92 Å². The van der Waals surface area contributed by atoms with Crippen molar-refractivity contribution >= 4 is 18.0 Å². The van der Waals surface area contributed by atoms with Crippen molar-refractivity contribution in [2.45, 2.75) is 20.0 Å². The number of rotatable bonds is 8. The van der Waals surface area contributed by atoms with Gasteiger partial charge < -0.3 is 26.8 Å². The third-order valence-corrected chi connectivity index (χ3v) is 2.89. The van der Waals surface area contributed by atoms with Crippen LogP contribution in [0.3, 0.4) is 0 Å². The van der Waals surface area contributed by atoms with E-state index in [9.17, 15) is 9.59 Å². The predicted octanol–water partition coefficient (Wildman–Crippen LogP) is 0.379. The van der Waals surface area contributed by atoms with Crippen LogP contribution in [0.4, 0.5) is 4.79 Å². The molecule has 0 saturated heterocycles. The van der Waals surface area contributed by atoms with Crippen molar-refractivity contribution in [3.05, 3.63) is 47.5 Å². The van der Waals surface area contributed by atoms with Gasteiger partial charge in [0.2, 0.25) is 0 Å². The number of carbonyl (C=O) groups is 2. The Labute approximate surface area is 141 Å². The lowest BCUT2D eigenvalue weighted by atomic mass is 10.1. The summed E-state index contributed by atoms with van der Waals surface area (Å²) >= 11 is 0. The largest absolute Gasteiger partial charge is 0.460 e. The molecule has 24 heavy (non-hydrogen) atoms. The SMILES string of the molecule is C=C(C)C(=O)OCCNC(=O)NCc1ccc(CN=C(N)N)cc1. The Balaban J connectivity index is 2.25. The summed E-state index contributed by atoms with van der Waals surface area (Å²) < 4.78 is 4.86. The van der Waals surface area contributed by atoms with Crippen LogP contribution in [-0.4, -0.2) is 31.1 Å². The highest BCUT2D eigenvalue weighted by Crippen LogP contribution is 2.05. The molecule has 0 radical (unpaired) electrons. The number of hydrogen-bond acceptors (Lipinski definition) is 4. The molecule has 1 aromatic rings. The second kappa shape index (κ2) is 9.88. The highest BCUT2D eigenvalue weighted by Gasteiger charge is 2.04. The van der Waals surface area contributed by atoms with Crippen molar-refractivity contribution in [1.82, 2.24) is 10.6 Å². The van der Waals surface area contributed by atoms with E-state index in [2.05, 4.69) is 22.2 Å². The molecule has 0 aliphatic carbocycles. The van der Waals surface area contributed by atoms with Crippen LogP contribution in [0.2, 0.25) is 0 Å². The highest BCUT2D eigenvalue weighted by atomic mass is 16.5. The van der Waals surface area contributed by atoms with Gasteiger partial charge in [0, 0.05) is 12.1 Å². The first-order chi connectivity index (χ1) is 11.4. The quantitative estimate of drug-likeness (QED) is 0.179. The third-order valence-electron chi connectivity index (χ3n) is 2.89. The summed E-state index contributed by atoms with van der Waals surface area (Å²) in [5.41, 5.74) is 12.8. The van der Waals surface area contributed by atoms with Gasteiger partial charge in [0.1, 0.15) is 6.61 Å². The van der Waals surface area contributed by atoms with E-state index in [0.29, 0.717) is 18.7 Å². The fourth-order valence-electron chi connectivity index (χ4n) is 1.62. The van der Waals surface area contributed by atoms with Gasteiger partial charge in [-0.05, 0) is 18.1 Å². The Hall–Kier alpha value is -3.03. The lowest BCUT2D eigenvalue weighted by Crippen LogP contribution is -2.37. The molecule has 0 aromatic heterocycles. The Bertz CT molecular complexity index is 607. The van der Waals surface area contributed by atoms with E-state index in [0.717, 1.165) is 11.1 Å². The van der Waals surface area contributed by atoms with Crippen LogP contribution in [0.5, 0.6) is 0 Å². The Morgan fingerprint density at radius 3 is 2.38 bits per heavy atom. The van der Waals surface area contributed by atoms with Gasteiger partial charge in [-0.2, -0.15) is 0 Å². The third kappa shape index (κ3) is 7.83. The molecule has 0 atom stereocenters. The van der Waals surface area contributed by atoms with Crippen molar-refractivity contribution in [1.29, 1.82) is 0 Å².